The molecule has 0 bridgehead atoms. The number of pyridine rings is 1. The monoisotopic (exact) mass is 277 g/mol. The maximum absolute atomic E-state index is 5.95. The lowest BCUT2D eigenvalue weighted by Gasteiger charge is -2.10. The van der Waals surface area contributed by atoms with Gasteiger partial charge in [-0.1, -0.05) is 6.07 Å². The van der Waals surface area contributed by atoms with E-state index in [0.717, 1.165) is 35.6 Å². The molecule has 0 atom stereocenters. The molecule has 5 nitrogen and oxygen atoms in total. The van der Waals surface area contributed by atoms with Crippen LogP contribution in [-0.2, 0) is 0 Å². The molecule has 0 saturated carbocycles. The molecule has 0 fully saturated rings. The van der Waals surface area contributed by atoms with E-state index in [0.29, 0.717) is 5.82 Å². The van der Waals surface area contributed by atoms with Crippen molar-refractivity contribution in [3.63, 3.8) is 0 Å². The van der Waals surface area contributed by atoms with Gasteiger partial charge in [0.15, 0.2) is 0 Å². The van der Waals surface area contributed by atoms with Crippen LogP contribution in [0.5, 0.6) is 0 Å². The Balaban J connectivity index is 2.06. The summed E-state index contributed by atoms with van der Waals surface area (Å²) in [5, 5.41) is 4.43. The Bertz CT molecular complexity index is 509. The highest BCUT2D eigenvalue weighted by molar-refractivity contribution is 7.11. The van der Waals surface area contributed by atoms with Gasteiger partial charge in [0.05, 0.1) is 5.56 Å². The molecule has 0 radical (unpaired) electrons. The van der Waals surface area contributed by atoms with Crippen LogP contribution in [-0.4, -0.2) is 41.4 Å². The van der Waals surface area contributed by atoms with Crippen LogP contribution in [0.4, 0.5) is 10.8 Å². The van der Waals surface area contributed by atoms with Crippen LogP contribution < -0.4 is 11.1 Å². The zero-order valence-electron chi connectivity index (χ0n) is 11.3. The van der Waals surface area contributed by atoms with Gasteiger partial charge in [-0.25, -0.2) is 0 Å². The molecular formula is C13H19N5S. The minimum Gasteiger partial charge on any atom is -0.382 e. The van der Waals surface area contributed by atoms with E-state index in [9.17, 15) is 0 Å². The van der Waals surface area contributed by atoms with Crippen molar-refractivity contribution < 1.29 is 0 Å². The summed E-state index contributed by atoms with van der Waals surface area (Å²) < 4.78 is 4.23. The highest BCUT2D eigenvalue weighted by Gasteiger charge is 2.13. The lowest BCUT2D eigenvalue weighted by atomic mass is 10.1. The number of nitrogen functional groups attached to an aromatic ring is 1. The summed E-state index contributed by atoms with van der Waals surface area (Å²) in [7, 11) is 4.15. The zero-order chi connectivity index (χ0) is 13.7. The number of hydrogen-bond acceptors (Lipinski definition) is 6. The molecule has 19 heavy (non-hydrogen) atoms. The number of nitrogens with two attached hydrogens (primary N) is 1. The van der Waals surface area contributed by atoms with E-state index in [4.69, 9.17) is 5.73 Å². The summed E-state index contributed by atoms with van der Waals surface area (Å²) >= 11 is 1.40. The Kier molecular flexibility index (Phi) is 4.70. The molecule has 0 aliphatic heterocycles. The lowest BCUT2D eigenvalue weighted by Crippen LogP contribution is -2.16. The van der Waals surface area contributed by atoms with E-state index in [1.807, 2.05) is 18.3 Å². The van der Waals surface area contributed by atoms with Gasteiger partial charge in [-0.05, 0) is 44.7 Å². The number of aromatic nitrogens is 2. The highest BCUT2D eigenvalue weighted by atomic mass is 32.1. The quantitative estimate of drug-likeness (QED) is 0.792. The van der Waals surface area contributed by atoms with Crippen LogP contribution in [0.25, 0.3) is 11.1 Å². The second-order valence-electron chi connectivity index (χ2n) is 4.60. The Morgan fingerprint density at radius 2 is 2.26 bits per heavy atom. The molecule has 0 amide bonds. The summed E-state index contributed by atoms with van der Waals surface area (Å²) in [6.07, 6.45) is 4.64. The van der Waals surface area contributed by atoms with Crippen LogP contribution in [0.1, 0.15) is 6.42 Å². The maximum Gasteiger partial charge on any atom is 0.147 e. The molecule has 0 spiro atoms. The number of nitrogens with zero attached hydrogens (tertiary/aromatic N) is 3. The van der Waals surface area contributed by atoms with Crippen molar-refractivity contribution in [2.75, 3.05) is 38.2 Å². The van der Waals surface area contributed by atoms with Gasteiger partial charge in [-0.15, -0.1) is 0 Å². The number of nitrogens with one attached hydrogen (secondary N) is 1. The van der Waals surface area contributed by atoms with Crippen molar-refractivity contribution >= 4 is 22.4 Å². The molecule has 0 aliphatic rings. The SMILES string of the molecule is CN(C)CCCNc1snc(N)c1-c1cccnc1. The third kappa shape index (κ3) is 3.65. The Hall–Kier alpha value is -1.66. The summed E-state index contributed by atoms with van der Waals surface area (Å²) in [5.41, 5.74) is 7.91. The molecule has 2 rings (SSSR count). The van der Waals surface area contributed by atoms with Crippen molar-refractivity contribution in [1.29, 1.82) is 0 Å². The average Bonchev–Trinajstić information content (AvgIpc) is 2.77. The van der Waals surface area contributed by atoms with E-state index in [-0.39, 0.29) is 0 Å². The molecule has 0 saturated heterocycles. The predicted octanol–water partition coefficient (Wildman–Crippen LogP) is 2.15. The van der Waals surface area contributed by atoms with Gasteiger partial charge < -0.3 is 16.0 Å². The fraction of sp³-hybridized carbons (Fsp3) is 0.385. The van der Waals surface area contributed by atoms with Crippen molar-refractivity contribution in [2.45, 2.75) is 6.42 Å². The van der Waals surface area contributed by atoms with Crippen LogP contribution >= 0.6 is 11.5 Å². The second-order valence-corrected chi connectivity index (χ2v) is 5.37. The first-order valence-electron chi connectivity index (χ1n) is 6.22. The Morgan fingerprint density at radius 3 is 2.95 bits per heavy atom. The van der Waals surface area contributed by atoms with Crippen LogP contribution in [0, 0.1) is 0 Å². The summed E-state index contributed by atoms with van der Waals surface area (Å²) in [4.78, 5) is 6.30. The van der Waals surface area contributed by atoms with Gasteiger partial charge in [-0.3, -0.25) is 4.98 Å². The van der Waals surface area contributed by atoms with Crippen LogP contribution in [0.3, 0.4) is 0 Å². The van der Waals surface area contributed by atoms with Gasteiger partial charge in [0, 0.05) is 24.5 Å². The molecule has 2 heterocycles. The molecular weight excluding hydrogens is 258 g/mol. The molecule has 0 aliphatic carbocycles. The minimum absolute atomic E-state index is 0.563. The number of hydrogen-bond donors (Lipinski definition) is 2. The highest BCUT2D eigenvalue weighted by Crippen LogP contribution is 2.36. The summed E-state index contributed by atoms with van der Waals surface area (Å²) in [6.45, 7) is 1.97. The van der Waals surface area contributed by atoms with Crippen LogP contribution in [0.2, 0.25) is 0 Å². The van der Waals surface area contributed by atoms with Gasteiger partial charge in [0.1, 0.15) is 10.8 Å². The fourth-order valence-electron chi connectivity index (χ4n) is 1.81. The molecule has 6 heteroatoms. The van der Waals surface area contributed by atoms with Gasteiger partial charge in [-0.2, -0.15) is 4.37 Å². The smallest absolute Gasteiger partial charge is 0.147 e. The molecule has 2 aromatic heterocycles. The fourth-order valence-corrected chi connectivity index (χ4v) is 2.57. The first-order chi connectivity index (χ1) is 9.18. The number of rotatable bonds is 6. The van der Waals surface area contributed by atoms with Crippen molar-refractivity contribution in [3.8, 4) is 11.1 Å². The normalized spacial score (nSPS) is 10.9. The Labute approximate surface area is 117 Å². The third-order valence-electron chi connectivity index (χ3n) is 2.74. The standard InChI is InChI=1S/C13H19N5S/c1-18(2)8-4-7-16-13-11(12(14)17-19-13)10-5-3-6-15-9-10/h3,5-6,9,16H,4,7-8H2,1-2H3,(H2,14,17). The van der Waals surface area contributed by atoms with E-state index >= 15 is 0 Å². The van der Waals surface area contributed by atoms with E-state index in [1.165, 1.54) is 11.5 Å². The van der Waals surface area contributed by atoms with Gasteiger partial charge in [0.2, 0.25) is 0 Å². The zero-order valence-corrected chi connectivity index (χ0v) is 12.1. The number of anilines is 2. The van der Waals surface area contributed by atoms with Crippen LogP contribution in [0.15, 0.2) is 24.5 Å². The van der Waals surface area contributed by atoms with Crippen molar-refractivity contribution in [2.24, 2.45) is 0 Å². The van der Waals surface area contributed by atoms with Gasteiger partial charge >= 0.3 is 0 Å². The topological polar surface area (TPSA) is 67.1 Å². The lowest BCUT2D eigenvalue weighted by molar-refractivity contribution is 0.405. The van der Waals surface area contributed by atoms with Crippen molar-refractivity contribution in [1.82, 2.24) is 14.3 Å². The third-order valence-corrected chi connectivity index (χ3v) is 3.56. The summed E-state index contributed by atoms with van der Waals surface area (Å²) in [5.74, 6) is 0.563. The second kappa shape index (κ2) is 6.49. The van der Waals surface area contributed by atoms with E-state index in [1.54, 1.807) is 6.20 Å². The molecule has 0 unspecified atom stereocenters. The molecule has 3 N–H and O–H groups in total. The van der Waals surface area contributed by atoms with Crippen molar-refractivity contribution in [3.05, 3.63) is 24.5 Å². The molecule has 2 aromatic rings. The average molecular weight is 277 g/mol. The van der Waals surface area contributed by atoms with E-state index < -0.39 is 0 Å². The Morgan fingerprint density at radius 1 is 1.42 bits per heavy atom. The van der Waals surface area contributed by atoms with E-state index in [2.05, 4.69) is 33.7 Å². The predicted molar refractivity (Wildman–Crippen MR) is 81.4 cm³/mol. The summed E-state index contributed by atoms with van der Waals surface area (Å²) in [6, 6.07) is 3.90. The maximum atomic E-state index is 5.95. The van der Waals surface area contributed by atoms with Gasteiger partial charge in [0.25, 0.3) is 0 Å². The first kappa shape index (κ1) is 13.8. The molecule has 0 aromatic carbocycles. The molecule has 102 valence electrons. The largest absolute Gasteiger partial charge is 0.382 e. The first-order valence-corrected chi connectivity index (χ1v) is 7.00. The minimum atomic E-state index is 0.563.